The van der Waals surface area contributed by atoms with Crippen molar-refractivity contribution in [3.8, 4) is 11.5 Å². The highest BCUT2D eigenvalue weighted by molar-refractivity contribution is 5.60. The molecule has 3 aromatic rings. The van der Waals surface area contributed by atoms with Gasteiger partial charge in [0.25, 0.3) is 0 Å². The van der Waals surface area contributed by atoms with E-state index >= 15 is 0 Å². The predicted molar refractivity (Wildman–Crippen MR) is 103 cm³/mol. The van der Waals surface area contributed by atoms with E-state index in [9.17, 15) is 8.78 Å². The predicted octanol–water partition coefficient (Wildman–Crippen LogP) is 4.44. The van der Waals surface area contributed by atoms with Gasteiger partial charge in [-0.15, -0.1) is 0 Å². The molecule has 0 atom stereocenters. The summed E-state index contributed by atoms with van der Waals surface area (Å²) in [5.41, 5.74) is 0.690. The topological polar surface area (TPSA) is 68.3 Å². The minimum atomic E-state index is -0.698. The van der Waals surface area contributed by atoms with Crippen molar-refractivity contribution >= 4 is 17.3 Å². The average molecular weight is 386 g/mol. The second-order valence-electron chi connectivity index (χ2n) is 5.95. The number of aromatic nitrogens is 2. The Morgan fingerprint density at radius 3 is 2.25 bits per heavy atom. The molecule has 0 amide bonds. The lowest BCUT2D eigenvalue weighted by Crippen LogP contribution is -2.06. The zero-order chi connectivity index (χ0) is 20.1. The molecule has 0 unspecified atom stereocenters. The molecule has 0 bridgehead atoms. The Morgan fingerprint density at radius 2 is 1.57 bits per heavy atom. The maximum atomic E-state index is 13.9. The molecule has 8 heteroatoms. The molecular formula is C20H20F2N4O2. The summed E-state index contributed by atoms with van der Waals surface area (Å²) in [5, 5.41) is 5.85. The van der Waals surface area contributed by atoms with Crippen molar-refractivity contribution in [2.24, 2.45) is 0 Å². The summed E-state index contributed by atoms with van der Waals surface area (Å²) >= 11 is 0. The van der Waals surface area contributed by atoms with Crippen LogP contribution < -0.4 is 20.1 Å². The smallest absolute Gasteiger partial charge is 0.161 e. The van der Waals surface area contributed by atoms with Gasteiger partial charge in [-0.2, -0.15) is 0 Å². The molecule has 3 rings (SSSR count). The standard InChI is InChI=1S/C20H20F2N4O2/c1-12-24-18(23-11-13-7-8-16(27-2)17(9-13)28-3)10-19(25-12)26-20-14(21)5-4-6-15(20)22/h4-10H,11H2,1-3H3,(H2,23,24,25,26). The fraction of sp³-hybridized carbons (Fsp3) is 0.200. The van der Waals surface area contributed by atoms with Crippen LogP contribution in [-0.4, -0.2) is 24.2 Å². The third-order valence-corrected chi connectivity index (χ3v) is 3.98. The Labute approximate surface area is 161 Å². The minimum Gasteiger partial charge on any atom is -0.493 e. The van der Waals surface area contributed by atoms with E-state index in [0.717, 1.165) is 5.56 Å². The van der Waals surface area contributed by atoms with E-state index < -0.39 is 11.6 Å². The normalized spacial score (nSPS) is 10.5. The number of hydrogen-bond acceptors (Lipinski definition) is 6. The van der Waals surface area contributed by atoms with Crippen LogP contribution in [0.1, 0.15) is 11.4 Å². The molecule has 0 aliphatic heterocycles. The molecule has 0 fully saturated rings. The molecule has 1 aromatic heterocycles. The van der Waals surface area contributed by atoms with Crippen molar-refractivity contribution < 1.29 is 18.3 Å². The van der Waals surface area contributed by atoms with Crippen LogP contribution in [-0.2, 0) is 6.54 Å². The van der Waals surface area contributed by atoms with Crippen LogP contribution in [0.3, 0.4) is 0 Å². The summed E-state index contributed by atoms with van der Waals surface area (Å²) in [6.45, 7) is 2.16. The summed E-state index contributed by atoms with van der Waals surface area (Å²) in [6.07, 6.45) is 0. The average Bonchev–Trinajstić information content (AvgIpc) is 2.68. The van der Waals surface area contributed by atoms with Gasteiger partial charge in [0.05, 0.1) is 14.2 Å². The van der Waals surface area contributed by atoms with Crippen LogP contribution in [0.15, 0.2) is 42.5 Å². The maximum absolute atomic E-state index is 13.9. The zero-order valence-electron chi connectivity index (χ0n) is 15.7. The van der Waals surface area contributed by atoms with Gasteiger partial charge in [-0.3, -0.25) is 0 Å². The summed E-state index contributed by atoms with van der Waals surface area (Å²) in [4.78, 5) is 8.49. The fourth-order valence-corrected chi connectivity index (χ4v) is 2.65. The van der Waals surface area contributed by atoms with Crippen molar-refractivity contribution in [1.82, 2.24) is 9.97 Å². The Kier molecular flexibility index (Phi) is 5.88. The van der Waals surface area contributed by atoms with E-state index in [1.165, 1.54) is 18.2 Å². The van der Waals surface area contributed by atoms with Gasteiger partial charge >= 0.3 is 0 Å². The number of para-hydroxylation sites is 1. The summed E-state index contributed by atoms with van der Waals surface area (Å²) in [6, 6.07) is 10.8. The van der Waals surface area contributed by atoms with E-state index in [2.05, 4.69) is 20.6 Å². The van der Waals surface area contributed by atoms with Gasteiger partial charge in [0.2, 0.25) is 0 Å². The number of nitrogens with zero attached hydrogens (tertiary/aromatic N) is 2. The third kappa shape index (κ3) is 4.46. The number of rotatable bonds is 7. The van der Waals surface area contributed by atoms with Crippen LogP contribution in [0.2, 0.25) is 0 Å². The summed E-state index contributed by atoms with van der Waals surface area (Å²) in [5.74, 6) is 1.12. The lowest BCUT2D eigenvalue weighted by atomic mass is 10.2. The second kappa shape index (κ2) is 8.51. The highest BCUT2D eigenvalue weighted by Crippen LogP contribution is 2.28. The molecule has 0 radical (unpaired) electrons. The molecule has 28 heavy (non-hydrogen) atoms. The zero-order valence-corrected chi connectivity index (χ0v) is 15.7. The molecule has 0 aliphatic carbocycles. The Bertz CT molecular complexity index is 962. The fourth-order valence-electron chi connectivity index (χ4n) is 2.65. The van der Waals surface area contributed by atoms with Crippen LogP contribution in [0.25, 0.3) is 0 Å². The maximum Gasteiger partial charge on any atom is 0.161 e. The number of anilines is 3. The quantitative estimate of drug-likeness (QED) is 0.626. The molecule has 6 nitrogen and oxygen atoms in total. The summed E-state index contributed by atoms with van der Waals surface area (Å²) < 4.78 is 38.2. The van der Waals surface area contributed by atoms with Crippen molar-refractivity contribution in [2.75, 3.05) is 24.9 Å². The number of halogens is 2. The number of methoxy groups -OCH3 is 2. The highest BCUT2D eigenvalue weighted by Gasteiger charge is 2.11. The van der Waals surface area contributed by atoms with Crippen molar-refractivity contribution in [2.45, 2.75) is 13.5 Å². The van der Waals surface area contributed by atoms with Crippen LogP contribution in [0.4, 0.5) is 26.1 Å². The number of benzene rings is 2. The molecule has 146 valence electrons. The molecule has 2 N–H and O–H groups in total. The monoisotopic (exact) mass is 386 g/mol. The highest BCUT2D eigenvalue weighted by atomic mass is 19.1. The lowest BCUT2D eigenvalue weighted by Gasteiger charge is -2.12. The molecule has 0 spiro atoms. The SMILES string of the molecule is COc1ccc(CNc2cc(Nc3c(F)cccc3F)nc(C)n2)cc1OC. The van der Waals surface area contributed by atoms with Gasteiger partial charge in [-0.05, 0) is 36.8 Å². The lowest BCUT2D eigenvalue weighted by molar-refractivity contribution is 0.354. The van der Waals surface area contributed by atoms with E-state index in [1.54, 1.807) is 27.2 Å². The Hall–Kier alpha value is -3.42. The minimum absolute atomic E-state index is 0.258. The van der Waals surface area contributed by atoms with E-state index in [0.29, 0.717) is 29.7 Å². The molecule has 0 aliphatic rings. The van der Waals surface area contributed by atoms with Crippen molar-refractivity contribution in [3.63, 3.8) is 0 Å². The van der Waals surface area contributed by atoms with E-state index in [4.69, 9.17) is 9.47 Å². The van der Waals surface area contributed by atoms with Gasteiger partial charge in [0, 0.05) is 12.6 Å². The van der Waals surface area contributed by atoms with Crippen LogP contribution in [0, 0.1) is 18.6 Å². The second-order valence-corrected chi connectivity index (χ2v) is 5.95. The van der Waals surface area contributed by atoms with Crippen LogP contribution in [0.5, 0.6) is 11.5 Å². The van der Waals surface area contributed by atoms with Crippen molar-refractivity contribution in [1.29, 1.82) is 0 Å². The van der Waals surface area contributed by atoms with Gasteiger partial charge in [-0.25, -0.2) is 18.7 Å². The molecular weight excluding hydrogens is 366 g/mol. The first-order chi connectivity index (χ1) is 13.5. The van der Waals surface area contributed by atoms with Gasteiger partial charge in [0.1, 0.15) is 34.8 Å². The van der Waals surface area contributed by atoms with Crippen molar-refractivity contribution in [3.05, 3.63) is 65.5 Å². The first-order valence-corrected chi connectivity index (χ1v) is 8.51. The van der Waals surface area contributed by atoms with Crippen LogP contribution >= 0.6 is 0 Å². The largest absolute Gasteiger partial charge is 0.493 e. The van der Waals surface area contributed by atoms with E-state index in [-0.39, 0.29) is 11.5 Å². The first-order valence-electron chi connectivity index (χ1n) is 8.51. The summed E-state index contributed by atoms with van der Waals surface area (Å²) in [7, 11) is 3.15. The van der Waals surface area contributed by atoms with E-state index in [1.807, 2.05) is 18.2 Å². The molecule has 0 saturated heterocycles. The molecule has 0 saturated carbocycles. The molecule has 2 aromatic carbocycles. The number of aryl methyl sites for hydroxylation is 1. The first kappa shape index (κ1) is 19.3. The third-order valence-electron chi connectivity index (χ3n) is 3.98. The Balaban J connectivity index is 1.77. The number of nitrogens with one attached hydrogen (secondary N) is 2. The number of ether oxygens (including phenoxy) is 2. The van der Waals surface area contributed by atoms with Gasteiger partial charge in [0.15, 0.2) is 11.5 Å². The Morgan fingerprint density at radius 1 is 0.893 bits per heavy atom. The molecule has 1 heterocycles. The van der Waals surface area contributed by atoms with Gasteiger partial charge in [-0.1, -0.05) is 12.1 Å². The van der Waals surface area contributed by atoms with Gasteiger partial charge < -0.3 is 20.1 Å². The number of hydrogen-bond donors (Lipinski definition) is 2.